The molecule has 1 aliphatic heterocycles. The normalized spacial score (nSPS) is 25.4. The molecular formula is C18H29N3O6. The highest BCUT2D eigenvalue weighted by Gasteiger charge is 2.48. The summed E-state index contributed by atoms with van der Waals surface area (Å²) in [5.41, 5.74) is 0. The standard InChI is InChI=1S/C18H29N3O6/c1-3-7-14(18(25)27-4-2)20(19-26)11-16(22)21-13-9-6-5-8-12(13)10-15(21)17(23)24/h12-15H,3-11H2,1-2H3,(H,23,24)/t12-,13-,14-,15-/m0/s1. The fourth-order valence-corrected chi connectivity index (χ4v) is 4.36. The van der Waals surface area contributed by atoms with Crippen LogP contribution in [0.1, 0.15) is 58.8 Å². The minimum Gasteiger partial charge on any atom is -0.480 e. The first-order chi connectivity index (χ1) is 12.9. The molecule has 1 heterocycles. The molecule has 1 saturated heterocycles. The number of nitroso groups, excluding NO2 is 1. The lowest BCUT2D eigenvalue weighted by molar-refractivity contribution is -0.154. The lowest BCUT2D eigenvalue weighted by Gasteiger charge is -2.34. The van der Waals surface area contributed by atoms with E-state index in [4.69, 9.17) is 4.74 Å². The molecule has 9 nitrogen and oxygen atoms in total. The molecule has 1 saturated carbocycles. The molecule has 2 aliphatic rings. The van der Waals surface area contributed by atoms with E-state index in [2.05, 4.69) is 5.29 Å². The van der Waals surface area contributed by atoms with Gasteiger partial charge in [0.15, 0.2) is 0 Å². The summed E-state index contributed by atoms with van der Waals surface area (Å²) >= 11 is 0. The summed E-state index contributed by atoms with van der Waals surface area (Å²) in [6.45, 7) is 3.26. The maximum Gasteiger partial charge on any atom is 0.330 e. The van der Waals surface area contributed by atoms with Crippen LogP contribution in [0.2, 0.25) is 0 Å². The molecule has 0 radical (unpaired) electrons. The molecule has 27 heavy (non-hydrogen) atoms. The summed E-state index contributed by atoms with van der Waals surface area (Å²) < 4.78 is 4.99. The molecular weight excluding hydrogens is 354 g/mol. The second kappa shape index (κ2) is 9.66. The summed E-state index contributed by atoms with van der Waals surface area (Å²) in [5, 5.41) is 13.3. The van der Waals surface area contributed by atoms with Gasteiger partial charge < -0.3 is 14.7 Å². The first-order valence-corrected chi connectivity index (χ1v) is 9.75. The van der Waals surface area contributed by atoms with E-state index in [0.717, 1.165) is 30.7 Å². The summed E-state index contributed by atoms with van der Waals surface area (Å²) in [4.78, 5) is 49.6. The molecule has 152 valence electrons. The Hall–Kier alpha value is -2.19. The number of rotatable bonds is 9. The molecule has 0 aromatic carbocycles. The number of hydrogen-bond acceptors (Lipinski definition) is 6. The van der Waals surface area contributed by atoms with Gasteiger partial charge in [0.25, 0.3) is 0 Å². The number of ether oxygens (including phenoxy) is 1. The van der Waals surface area contributed by atoms with Crippen LogP contribution >= 0.6 is 0 Å². The number of aliphatic carboxylic acids is 1. The van der Waals surface area contributed by atoms with Crippen LogP contribution in [0.3, 0.4) is 0 Å². The second-order valence-electron chi connectivity index (χ2n) is 7.24. The van der Waals surface area contributed by atoms with Crippen molar-refractivity contribution in [2.24, 2.45) is 11.2 Å². The molecule has 0 aromatic rings. The van der Waals surface area contributed by atoms with Gasteiger partial charge in [-0.15, -0.1) is 4.91 Å². The van der Waals surface area contributed by atoms with Crippen LogP contribution in [0, 0.1) is 10.8 Å². The Morgan fingerprint density at radius 1 is 1.26 bits per heavy atom. The Kier molecular flexibility index (Phi) is 7.55. The Morgan fingerprint density at radius 3 is 2.56 bits per heavy atom. The molecule has 9 heteroatoms. The number of amides is 1. The maximum atomic E-state index is 12.9. The lowest BCUT2D eigenvalue weighted by atomic mass is 9.85. The number of carbonyl (C=O) groups is 3. The van der Waals surface area contributed by atoms with Crippen molar-refractivity contribution in [2.45, 2.75) is 76.9 Å². The monoisotopic (exact) mass is 383 g/mol. The molecule has 2 fully saturated rings. The van der Waals surface area contributed by atoms with E-state index >= 15 is 0 Å². The lowest BCUT2D eigenvalue weighted by Crippen LogP contribution is -2.51. The van der Waals surface area contributed by atoms with Crippen molar-refractivity contribution in [3.05, 3.63) is 4.91 Å². The van der Waals surface area contributed by atoms with Gasteiger partial charge in [-0.05, 0) is 38.5 Å². The molecule has 2 rings (SSSR count). The van der Waals surface area contributed by atoms with Crippen molar-refractivity contribution < 1.29 is 24.2 Å². The van der Waals surface area contributed by atoms with Crippen molar-refractivity contribution >= 4 is 17.8 Å². The molecule has 0 aromatic heterocycles. The number of carbonyl (C=O) groups excluding carboxylic acids is 2. The average molecular weight is 383 g/mol. The first kappa shape index (κ1) is 21.1. The van der Waals surface area contributed by atoms with E-state index in [1.165, 1.54) is 4.90 Å². The van der Waals surface area contributed by atoms with Gasteiger partial charge >= 0.3 is 11.9 Å². The third-order valence-electron chi connectivity index (χ3n) is 5.54. The summed E-state index contributed by atoms with van der Waals surface area (Å²) in [6, 6.07) is -1.94. The Morgan fingerprint density at radius 2 is 1.96 bits per heavy atom. The van der Waals surface area contributed by atoms with Crippen molar-refractivity contribution in [3.8, 4) is 0 Å². The van der Waals surface area contributed by atoms with E-state index in [-0.39, 0.29) is 18.6 Å². The van der Waals surface area contributed by atoms with Crippen molar-refractivity contribution in [1.82, 2.24) is 9.91 Å². The number of carboxylic acid groups (broad SMARTS) is 1. The van der Waals surface area contributed by atoms with E-state index in [1.807, 2.05) is 6.92 Å². The maximum absolute atomic E-state index is 12.9. The molecule has 1 amide bonds. The summed E-state index contributed by atoms with van der Waals surface area (Å²) in [6.07, 6.45) is 5.05. The number of nitrogens with zero attached hydrogens (tertiary/aromatic N) is 3. The zero-order chi connectivity index (χ0) is 20.0. The molecule has 1 aliphatic carbocycles. The minimum atomic E-state index is -1.03. The zero-order valence-corrected chi connectivity index (χ0v) is 16.0. The van der Waals surface area contributed by atoms with Crippen molar-refractivity contribution in [3.63, 3.8) is 0 Å². The summed E-state index contributed by atoms with van der Waals surface area (Å²) in [7, 11) is 0. The number of carboxylic acids is 1. The summed E-state index contributed by atoms with van der Waals surface area (Å²) in [5.74, 6) is -1.92. The number of fused-ring (bicyclic) bond motifs is 1. The van der Waals surface area contributed by atoms with Crippen LogP contribution in [0.25, 0.3) is 0 Å². The van der Waals surface area contributed by atoms with Crippen LogP contribution in [0.4, 0.5) is 0 Å². The quantitative estimate of drug-likeness (QED) is 0.367. The molecule has 0 unspecified atom stereocenters. The topological polar surface area (TPSA) is 117 Å². The first-order valence-electron chi connectivity index (χ1n) is 9.75. The van der Waals surface area contributed by atoms with E-state index in [1.54, 1.807) is 6.92 Å². The Labute approximate surface area is 159 Å². The third-order valence-corrected chi connectivity index (χ3v) is 5.54. The van der Waals surface area contributed by atoms with Gasteiger partial charge in [0.1, 0.15) is 18.6 Å². The highest BCUT2D eigenvalue weighted by Crippen LogP contribution is 2.40. The van der Waals surface area contributed by atoms with Gasteiger partial charge in [0, 0.05) is 6.04 Å². The Balaban J connectivity index is 2.16. The average Bonchev–Trinajstić information content (AvgIpc) is 3.04. The SMILES string of the molecule is CCC[C@@H](C(=O)OCC)N(CC(=O)N1[C@H](C(=O)O)C[C@@H]2CCCC[C@@H]21)N=O. The van der Waals surface area contributed by atoms with Crippen molar-refractivity contribution in [2.75, 3.05) is 13.2 Å². The molecule has 1 N–H and O–H groups in total. The third kappa shape index (κ3) is 4.75. The van der Waals surface area contributed by atoms with Gasteiger partial charge in [0.05, 0.1) is 11.9 Å². The highest BCUT2D eigenvalue weighted by molar-refractivity contribution is 5.86. The van der Waals surface area contributed by atoms with Gasteiger partial charge in [0.2, 0.25) is 5.91 Å². The van der Waals surface area contributed by atoms with Gasteiger partial charge in [-0.1, -0.05) is 26.2 Å². The van der Waals surface area contributed by atoms with Crippen LogP contribution in [0.15, 0.2) is 5.29 Å². The van der Waals surface area contributed by atoms with Crippen LogP contribution in [-0.2, 0) is 19.1 Å². The van der Waals surface area contributed by atoms with Crippen LogP contribution in [0.5, 0.6) is 0 Å². The molecule has 0 bridgehead atoms. The molecule has 4 atom stereocenters. The number of likely N-dealkylation sites (tertiary alicyclic amines) is 1. The van der Waals surface area contributed by atoms with E-state index in [9.17, 15) is 24.4 Å². The van der Waals surface area contributed by atoms with Gasteiger partial charge in [-0.25, -0.2) is 14.6 Å². The van der Waals surface area contributed by atoms with Crippen LogP contribution < -0.4 is 0 Å². The highest BCUT2D eigenvalue weighted by atomic mass is 16.5. The van der Waals surface area contributed by atoms with E-state index < -0.39 is 36.5 Å². The van der Waals surface area contributed by atoms with Gasteiger partial charge in [-0.3, -0.25) is 4.79 Å². The minimum absolute atomic E-state index is 0.118. The van der Waals surface area contributed by atoms with E-state index in [0.29, 0.717) is 19.3 Å². The van der Waals surface area contributed by atoms with Gasteiger partial charge in [-0.2, -0.15) is 0 Å². The second-order valence-corrected chi connectivity index (χ2v) is 7.24. The van der Waals surface area contributed by atoms with Crippen molar-refractivity contribution in [1.29, 1.82) is 0 Å². The smallest absolute Gasteiger partial charge is 0.330 e. The Bertz CT molecular complexity index is 569. The predicted octanol–water partition coefficient (Wildman–Crippen LogP) is 1.95. The largest absolute Gasteiger partial charge is 0.480 e. The number of esters is 1. The predicted molar refractivity (Wildman–Crippen MR) is 96.5 cm³/mol. The fraction of sp³-hybridized carbons (Fsp3) is 0.833. The zero-order valence-electron chi connectivity index (χ0n) is 16.0. The van der Waals surface area contributed by atoms with Crippen LogP contribution in [-0.4, -0.2) is 64.1 Å². The fourth-order valence-electron chi connectivity index (χ4n) is 4.36. The number of hydrogen-bond donors (Lipinski definition) is 1. The molecule has 0 spiro atoms.